The van der Waals surface area contributed by atoms with E-state index >= 15 is 0 Å². The highest BCUT2D eigenvalue weighted by Gasteiger charge is 2.16. The first-order valence-electron chi connectivity index (χ1n) is 5.57. The van der Waals surface area contributed by atoms with Crippen molar-refractivity contribution < 1.29 is 4.52 Å². The van der Waals surface area contributed by atoms with Crippen molar-refractivity contribution in [3.8, 4) is 0 Å². The Morgan fingerprint density at radius 3 is 2.47 bits per heavy atom. The van der Waals surface area contributed by atoms with Crippen LogP contribution in [0.2, 0.25) is 0 Å². The zero-order chi connectivity index (χ0) is 12.4. The number of hydrogen-bond acceptors (Lipinski definition) is 5. The van der Waals surface area contributed by atoms with Crippen LogP contribution in [0.4, 0.5) is 5.82 Å². The van der Waals surface area contributed by atoms with Gasteiger partial charge in [0, 0.05) is 5.56 Å². The number of anilines is 1. The first-order chi connectivity index (χ1) is 8.08. The zero-order valence-electron chi connectivity index (χ0n) is 10.5. The fourth-order valence-corrected chi connectivity index (χ4v) is 1.88. The van der Waals surface area contributed by atoms with Gasteiger partial charge in [-0.2, -0.15) is 5.10 Å². The molecule has 2 aromatic rings. The number of nitrogens with one attached hydrogen (secondary N) is 1. The molecule has 17 heavy (non-hydrogen) atoms. The molecule has 1 N–H and O–H groups in total. The van der Waals surface area contributed by atoms with E-state index in [4.69, 9.17) is 4.52 Å². The van der Waals surface area contributed by atoms with E-state index in [0.717, 1.165) is 28.5 Å². The van der Waals surface area contributed by atoms with Crippen molar-refractivity contribution in [2.45, 2.75) is 33.7 Å². The van der Waals surface area contributed by atoms with Crippen LogP contribution >= 0.6 is 0 Å². The number of rotatable bonds is 3. The smallest absolute Gasteiger partial charge is 0.149 e. The van der Waals surface area contributed by atoms with Gasteiger partial charge in [-0.15, -0.1) is 5.10 Å². The van der Waals surface area contributed by atoms with Crippen LogP contribution in [0.1, 0.15) is 35.7 Å². The highest BCUT2D eigenvalue weighted by Crippen LogP contribution is 2.23. The molecule has 2 heterocycles. The molecule has 1 unspecified atom stereocenters. The maximum Gasteiger partial charge on any atom is 0.149 e. The summed E-state index contributed by atoms with van der Waals surface area (Å²) in [6, 6.07) is 3.94. The van der Waals surface area contributed by atoms with E-state index < -0.39 is 0 Å². The largest absolute Gasteiger partial charge is 0.362 e. The Bertz CT molecular complexity index is 484. The average Bonchev–Trinajstić information content (AvgIpc) is 2.62. The molecular weight excluding hydrogens is 216 g/mol. The van der Waals surface area contributed by atoms with Gasteiger partial charge in [-0.3, -0.25) is 0 Å². The fraction of sp³-hybridized carbons (Fsp3) is 0.417. The second kappa shape index (κ2) is 4.53. The Labute approximate surface area is 100 Å². The van der Waals surface area contributed by atoms with Crippen molar-refractivity contribution in [2.24, 2.45) is 0 Å². The summed E-state index contributed by atoms with van der Waals surface area (Å²) in [4.78, 5) is 0. The average molecular weight is 232 g/mol. The topological polar surface area (TPSA) is 63.8 Å². The monoisotopic (exact) mass is 232 g/mol. The third kappa shape index (κ3) is 2.43. The van der Waals surface area contributed by atoms with E-state index in [2.05, 4.69) is 20.7 Å². The highest BCUT2D eigenvalue weighted by molar-refractivity contribution is 5.38. The third-order valence-electron chi connectivity index (χ3n) is 2.68. The first-order valence-corrected chi connectivity index (χ1v) is 5.57. The molecule has 0 saturated heterocycles. The van der Waals surface area contributed by atoms with Crippen molar-refractivity contribution in [2.75, 3.05) is 5.32 Å². The van der Waals surface area contributed by atoms with E-state index in [1.165, 1.54) is 0 Å². The molecule has 0 aromatic carbocycles. The lowest BCUT2D eigenvalue weighted by Crippen LogP contribution is -2.10. The van der Waals surface area contributed by atoms with Crippen molar-refractivity contribution in [3.05, 3.63) is 34.8 Å². The summed E-state index contributed by atoms with van der Waals surface area (Å²) in [6.07, 6.45) is 0. The van der Waals surface area contributed by atoms with Crippen LogP contribution in [0.5, 0.6) is 0 Å². The maximum atomic E-state index is 5.15. The Morgan fingerprint density at radius 2 is 1.94 bits per heavy atom. The maximum absolute atomic E-state index is 5.15. The molecule has 0 fully saturated rings. The molecule has 2 rings (SSSR count). The summed E-state index contributed by atoms with van der Waals surface area (Å²) >= 11 is 0. The highest BCUT2D eigenvalue weighted by atomic mass is 16.5. The molecule has 90 valence electrons. The van der Waals surface area contributed by atoms with Gasteiger partial charge in [0.15, 0.2) is 0 Å². The first kappa shape index (κ1) is 11.6. The SMILES string of the molecule is Cc1ccc(NC(C)c2c(C)noc2C)nn1. The van der Waals surface area contributed by atoms with Crippen LogP contribution in [-0.2, 0) is 0 Å². The molecule has 0 radical (unpaired) electrons. The van der Waals surface area contributed by atoms with Gasteiger partial charge in [0.2, 0.25) is 0 Å². The lowest BCUT2D eigenvalue weighted by Gasteiger charge is -2.13. The quantitative estimate of drug-likeness (QED) is 0.881. The molecule has 0 bridgehead atoms. The van der Waals surface area contributed by atoms with Crippen LogP contribution in [-0.4, -0.2) is 15.4 Å². The molecule has 0 saturated carbocycles. The minimum Gasteiger partial charge on any atom is -0.362 e. The van der Waals surface area contributed by atoms with E-state index in [9.17, 15) is 0 Å². The standard InChI is InChI=1S/C12H16N4O/c1-7-5-6-11(15-14-7)13-8(2)12-9(3)16-17-10(12)4/h5-6,8H,1-4H3,(H,13,15). The predicted octanol–water partition coefficient (Wildman–Crippen LogP) is 2.56. The molecule has 1 atom stereocenters. The molecule has 0 aliphatic rings. The van der Waals surface area contributed by atoms with E-state index in [0.29, 0.717) is 0 Å². The van der Waals surface area contributed by atoms with Gasteiger partial charge in [0.25, 0.3) is 0 Å². The third-order valence-corrected chi connectivity index (χ3v) is 2.68. The van der Waals surface area contributed by atoms with Gasteiger partial charge >= 0.3 is 0 Å². The molecular formula is C12H16N4O. The number of nitrogens with zero attached hydrogens (tertiary/aromatic N) is 3. The molecule has 5 heteroatoms. The molecule has 0 aliphatic heterocycles. The van der Waals surface area contributed by atoms with Crippen LogP contribution in [0.3, 0.4) is 0 Å². The Kier molecular flexibility index (Phi) is 3.08. The second-order valence-electron chi connectivity index (χ2n) is 4.16. The van der Waals surface area contributed by atoms with E-state index in [1.807, 2.05) is 39.8 Å². The summed E-state index contributed by atoms with van der Waals surface area (Å²) in [7, 11) is 0. The Hall–Kier alpha value is -1.91. The Morgan fingerprint density at radius 1 is 1.18 bits per heavy atom. The van der Waals surface area contributed by atoms with Crippen molar-refractivity contribution in [1.29, 1.82) is 0 Å². The van der Waals surface area contributed by atoms with Crippen molar-refractivity contribution in [1.82, 2.24) is 15.4 Å². The van der Waals surface area contributed by atoms with Crippen LogP contribution in [0, 0.1) is 20.8 Å². The molecule has 5 nitrogen and oxygen atoms in total. The van der Waals surface area contributed by atoms with Gasteiger partial charge in [-0.25, -0.2) is 0 Å². The minimum atomic E-state index is 0.0956. The van der Waals surface area contributed by atoms with Gasteiger partial charge in [-0.1, -0.05) is 5.16 Å². The lowest BCUT2D eigenvalue weighted by molar-refractivity contribution is 0.392. The lowest BCUT2D eigenvalue weighted by atomic mass is 10.1. The summed E-state index contributed by atoms with van der Waals surface area (Å²) in [5.41, 5.74) is 2.88. The Balaban J connectivity index is 2.17. The van der Waals surface area contributed by atoms with Gasteiger partial charge in [-0.05, 0) is 39.8 Å². The van der Waals surface area contributed by atoms with Gasteiger partial charge in [0.05, 0.1) is 17.4 Å². The van der Waals surface area contributed by atoms with Crippen molar-refractivity contribution >= 4 is 5.82 Å². The van der Waals surface area contributed by atoms with Crippen molar-refractivity contribution in [3.63, 3.8) is 0 Å². The van der Waals surface area contributed by atoms with Crippen LogP contribution in [0.25, 0.3) is 0 Å². The predicted molar refractivity (Wildman–Crippen MR) is 64.8 cm³/mol. The summed E-state index contributed by atoms with van der Waals surface area (Å²) in [6.45, 7) is 7.81. The molecule has 0 spiro atoms. The second-order valence-corrected chi connectivity index (χ2v) is 4.16. The summed E-state index contributed by atoms with van der Waals surface area (Å²) < 4.78 is 5.15. The normalized spacial score (nSPS) is 12.5. The molecule has 0 amide bonds. The van der Waals surface area contributed by atoms with Crippen LogP contribution in [0.15, 0.2) is 16.7 Å². The number of aryl methyl sites for hydroxylation is 3. The zero-order valence-corrected chi connectivity index (χ0v) is 10.5. The number of hydrogen-bond donors (Lipinski definition) is 1. The summed E-state index contributed by atoms with van der Waals surface area (Å²) in [5.74, 6) is 1.59. The molecule has 2 aromatic heterocycles. The fourth-order valence-electron chi connectivity index (χ4n) is 1.88. The minimum absolute atomic E-state index is 0.0956. The number of aromatic nitrogens is 3. The van der Waals surface area contributed by atoms with E-state index in [-0.39, 0.29) is 6.04 Å². The van der Waals surface area contributed by atoms with E-state index in [1.54, 1.807) is 0 Å². The van der Waals surface area contributed by atoms with Gasteiger partial charge in [0.1, 0.15) is 11.6 Å². The summed E-state index contributed by atoms with van der Waals surface area (Å²) in [5, 5.41) is 15.3. The van der Waals surface area contributed by atoms with Crippen LogP contribution < -0.4 is 5.32 Å². The molecule has 0 aliphatic carbocycles. The van der Waals surface area contributed by atoms with Gasteiger partial charge < -0.3 is 9.84 Å².